The number of anilines is 2. The van der Waals surface area contributed by atoms with Crippen molar-refractivity contribution in [1.29, 1.82) is 5.26 Å². The van der Waals surface area contributed by atoms with E-state index in [1.54, 1.807) is 6.07 Å². The Labute approximate surface area is 238 Å². The Morgan fingerprint density at radius 2 is 1.97 bits per heavy atom. The number of carbonyl (C=O) groups excluding carboxylic acids is 1. The molecule has 0 saturated carbocycles. The van der Waals surface area contributed by atoms with Gasteiger partial charge in [-0.25, -0.2) is 4.68 Å². The van der Waals surface area contributed by atoms with Gasteiger partial charge in [-0.05, 0) is 53.9 Å². The number of nitriles is 1. The molecule has 206 valence electrons. The first-order chi connectivity index (χ1) is 18.3. The number of nitrogens with zero attached hydrogens (tertiary/aromatic N) is 3. The molecular formula is C27H26Cl2F3N5OS. The first-order valence-electron chi connectivity index (χ1n) is 12.5. The Morgan fingerprint density at radius 1 is 1.23 bits per heavy atom. The van der Waals surface area contributed by atoms with E-state index in [-0.39, 0.29) is 28.4 Å². The van der Waals surface area contributed by atoms with Gasteiger partial charge in [-0.15, -0.1) is 11.3 Å². The molecule has 1 aromatic carbocycles. The second-order valence-corrected chi connectivity index (χ2v) is 13.0. The van der Waals surface area contributed by atoms with Crippen LogP contribution in [0.3, 0.4) is 0 Å². The highest BCUT2D eigenvalue weighted by molar-refractivity contribution is 7.16. The number of aromatic nitrogens is 2. The van der Waals surface area contributed by atoms with Crippen LogP contribution in [-0.4, -0.2) is 21.9 Å². The molecule has 6 nitrogen and oxygen atoms in total. The zero-order valence-electron chi connectivity index (χ0n) is 21.4. The van der Waals surface area contributed by atoms with E-state index in [2.05, 4.69) is 42.6 Å². The van der Waals surface area contributed by atoms with Crippen molar-refractivity contribution in [3.8, 4) is 6.07 Å². The smallest absolute Gasteiger partial charge is 0.363 e. The van der Waals surface area contributed by atoms with Crippen LogP contribution in [0.15, 0.2) is 24.3 Å². The monoisotopic (exact) mass is 595 g/mol. The Balaban J connectivity index is 1.43. The van der Waals surface area contributed by atoms with Crippen molar-refractivity contribution in [3.63, 3.8) is 0 Å². The molecule has 3 aromatic rings. The third-order valence-electron chi connectivity index (χ3n) is 7.60. The number of benzene rings is 1. The van der Waals surface area contributed by atoms with Crippen LogP contribution in [0, 0.1) is 22.7 Å². The van der Waals surface area contributed by atoms with Crippen molar-refractivity contribution < 1.29 is 18.0 Å². The number of thiophene rings is 1. The van der Waals surface area contributed by atoms with Crippen molar-refractivity contribution >= 4 is 51.3 Å². The van der Waals surface area contributed by atoms with Gasteiger partial charge in [-0.3, -0.25) is 4.79 Å². The summed E-state index contributed by atoms with van der Waals surface area (Å²) in [4.78, 5) is 14.3. The lowest BCUT2D eigenvalue weighted by Gasteiger charge is -2.33. The highest BCUT2D eigenvalue weighted by Crippen LogP contribution is 2.46. The molecule has 0 fully saturated rings. The molecule has 2 aliphatic rings. The van der Waals surface area contributed by atoms with Crippen molar-refractivity contribution in [1.82, 2.24) is 9.78 Å². The van der Waals surface area contributed by atoms with Gasteiger partial charge in [0.15, 0.2) is 11.7 Å². The van der Waals surface area contributed by atoms with E-state index in [0.717, 1.165) is 34.4 Å². The average Bonchev–Trinajstić information content (AvgIpc) is 3.44. The van der Waals surface area contributed by atoms with E-state index in [0.29, 0.717) is 27.1 Å². The quantitative estimate of drug-likeness (QED) is 0.320. The van der Waals surface area contributed by atoms with Crippen LogP contribution < -0.4 is 10.6 Å². The molecule has 1 aliphatic heterocycles. The Kier molecular flexibility index (Phi) is 7.15. The number of fused-ring (bicyclic) bond motifs is 2. The first-order valence-corrected chi connectivity index (χ1v) is 14.1. The number of amides is 1. The van der Waals surface area contributed by atoms with Gasteiger partial charge >= 0.3 is 6.18 Å². The Hall–Kier alpha value is -2.74. The lowest BCUT2D eigenvalue weighted by molar-refractivity contribution is -0.173. The zero-order chi connectivity index (χ0) is 28.3. The molecule has 5 rings (SSSR count). The summed E-state index contributed by atoms with van der Waals surface area (Å²) in [6, 6.07) is 5.51. The van der Waals surface area contributed by atoms with Crippen molar-refractivity contribution in [2.75, 3.05) is 10.6 Å². The Bertz CT molecular complexity index is 1480. The van der Waals surface area contributed by atoms with Gasteiger partial charge in [0.1, 0.15) is 16.9 Å². The number of alkyl halides is 3. The number of hydrogen-bond acceptors (Lipinski definition) is 5. The lowest BCUT2D eigenvalue weighted by atomic mass is 9.72. The largest absolute Gasteiger partial charge is 0.410 e. The highest BCUT2D eigenvalue weighted by atomic mass is 35.5. The second kappa shape index (κ2) is 10.0. The van der Waals surface area contributed by atoms with Gasteiger partial charge in [0.2, 0.25) is 0 Å². The van der Waals surface area contributed by atoms with Crippen LogP contribution in [0.25, 0.3) is 0 Å². The molecule has 0 spiro atoms. The fourth-order valence-electron chi connectivity index (χ4n) is 5.33. The molecule has 3 heterocycles. The summed E-state index contributed by atoms with van der Waals surface area (Å²) in [6.07, 6.45) is -2.43. The molecule has 1 aliphatic carbocycles. The number of rotatable bonds is 3. The molecule has 0 radical (unpaired) electrons. The molecule has 3 atom stereocenters. The fourth-order valence-corrected chi connectivity index (χ4v) is 6.91. The second-order valence-electron chi connectivity index (χ2n) is 11.1. The van der Waals surface area contributed by atoms with Crippen LogP contribution in [0.2, 0.25) is 10.0 Å². The lowest BCUT2D eigenvalue weighted by Crippen LogP contribution is -2.35. The maximum atomic E-state index is 14.1. The van der Waals surface area contributed by atoms with Gasteiger partial charge in [0, 0.05) is 17.4 Å². The molecule has 1 amide bonds. The highest BCUT2D eigenvalue weighted by Gasteiger charge is 2.47. The van der Waals surface area contributed by atoms with Gasteiger partial charge < -0.3 is 10.6 Å². The van der Waals surface area contributed by atoms with Gasteiger partial charge in [0.25, 0.3) is 5.91 Å². The molecule has 2 aromatic heterocycles. The van der Waals surface area contributed by atoms with E-state index in [1.807, 2.05) is 0 Å². The third kappa shape index (κ3) is 5.37. The van der Waals surface area contributed by atoms with Gasteiger partial charge in [-0.2, -0.15) is 23.5 Å². The van der Waals surface area contributed by atoms with E-state index in [4.69, 9.17) is 23.2 Å². The predicted molar refractivity (Wildman–Crippen MR) is 147 cm³/mol. The molecule has 2 N–H and O–H groups in total. The maximum Gasteiger partial charge on any atom is 0.410 e. The summed E-state index contributed by atoms with van der Waals surface area (Å²) in [7, 11) is 0. The summed E-state index contributed by atoms with van der Waals surface area (Å²) in [5, 5.41) is 20.6. The maximum absolute atomic E-state index is 14.1. The summed E-state index contributed by atoms with van der Waals surface area (Å²) < 4.78 is 43.1. The summed E-state index contributed by atoms with van der Waals surface area (Å²) in [5.74, 6) is -0.163. The minimum atomic E-state index is -4.60. The van der Waals surface area contributed by atoms with Crippen LogP contribution in [0.5, 0.6) is 0 Å². The Morgan fingerprint density at radius 3 is 2.62 bits per heavy atom. The van der Waals surface area contributed by atoms with E-state index >= 15 is 0 Å². The predicted octanol–water partition coefficient (Wildman–Crippen LogP) is 8.19. The average molecular weight is 597 g/mol. The number of carbonyl (C=O) groups is 1. The van der Waals surface area contributed by atoms with E-state index in [1.165, 1.54) is 29.5 Å². The molecule has 0 bridgehead atoms. The van der Waals surface area contributed by atoms with E-state index < -0.39 is 24.2 Å². The summed E-state index contributed by atoms with van der Waals surface area (Å²) >= 11 is 13.4. The molecule has 0 saturated heterocycles. The van der Waals surface area contributed by atoms with Crippen molar-refractivity contribution in [2.24, 2.45) is 11.3 Å². The van der Waals surface area contributed by atoms with Crippen molar-refractivity contribution in [3.05, 3.63) is 61.6 Å². The van der Waals surface area contributed by atoms with Crippen molar-refractivity contribution in [2.45, 2.75) is 64.7 Å². The first kappa shape index (κ1) is 27.8. The molecule has 12 heteroatoms. The van der Waals surface area contributed by atoms with Crippen LogP contribution >= 0.6 is 34.5 Å². The zero-order valence-corrected chi connectivity index (χ0v) is 23.7. The van der Waals surface area contributed by atoms with Gasteiger partial charge in [0.05, 0.1) is 21.7 Å². The summed E-state index contributed by atoms with van der Waals surface area (Å²) in [5.41, 5.74) is 1.85. The topological polar surface area (TPSA) is 82.7 Å². The van der Waals surface area contributed by atoms with Crippen LogP contribution in [0.1, 0.15) is 77.8 Å². The normalized spacial score (nSPS) is 20.9. The number of hydrogen-bond donors (Lipinski definition) is 2. The van der Waals surface area contributed by atoms with E-state index in [9.17, 15) is 23.2 Å². The third-order valence-corrected chi connectivity index (χ3v) is 9.51. The minimum absolute atomic E-state index is 0.0591. The summed E-state index contributed by atoms with van der Waals surface area (Å²) in [6.45, 7) is 6.58. The minimum Gasteiger partial charge on any atom is -0.363 e. The van der Waals surface area contributed by atoms with Crippen LogP contribution in [0.4, 0.5) is 24.0 Å². The van der Waals surface area contributed by atoms with Crippen LogP contribution in [-0.2, 0) is 12.8 Å². The number of halogens is 5. The molecule has 0 unspecified atom stereocenters. The standard InChI is InChI=1S/C27H26Cl2F3N5OS/c1-26(2,3)14-5-6-15-16(12-33)25(39-21(15)9-14)35-24(38)20-11-23-34-19(13-4-7-17(28)18(29)8-13)10-22(27(30,31)32)37(23)36-20/h4,7-8,11,14,19,22,34H,5-6,9-10H2,1-3H3,(H,35,38)/t14-,19+,22+/m1/s1. The molecule has 39 heavy (non-hydrogen) atoms. The molecular weight excluding hydrogens is 570 g/mol. The number of nitrogens with one attached hydrogen (secondary N) is 2. The fraction of sp³-hybridized carbons (Fsp3) is 0.444. The van der Waals surface area contributed by atoms with Gasteiger partial charge in [-0.1, -0.05) is 50.0 Å². The SMILES string of the molecule is CC(C)(C)[C@@H]1CCc2c(sc(NC(=O)c3cc4n(n3)[C@H](C(F)(F)F)C[C@@H](c3ccc(Cl)c(Cl)c3)N4)c2C#N)C1.